The Labute approximate surface area is 102 Å². The van der Waals surface area contributed by atoms with Gasteiger partial charge in [0.05, 0.1) is 10.2 Å². The van der Waals surface area contributed by atoms with Crippen LogP contribution in [0.15, 0.2) is 28.6 Å². The van der Waals surface area contributed by atoms with Crippen LogP contribution in [-0.4, -0.2) is 4.98 Å². The van der Waals surface area contributed by atoms with Gasteiger partial charge in [-0.05, 0) is 29.3 Å². The third kappa shape index (κ3) is 3.13. The predicted octanol–water partition coefficient (Wildman–Crippen LogP) is 5.00. The maximum Gasteiger partial charge on any atom is 0.161 e. The van der Waals surface area contributed by atoms with E-state index in [1.54, 1.807) is 32.9 Å². The molecule has 0 fully saturated rings. The van der Waals surface area contributed by atoms with Gasteiger partial charge in [0, 0.05) is 5.75 Å². The number of rotatable bonds is 5. The van der Waals surface area contributed by atoms with E-state index < -0.39 is 0 Å². The largest absolute Gasteiger partial charge is 0.229 e. The minimum Gasteiger partial charge on any atom is -0.229 e. The lowest BCUT2D eigenvalue weighted by Crippen LogP contribution is -1.67. The smallest absolute Gasteiger partial charge is 0.161 e. The molecular weight excluding hydrogens is 242 g/mol. The molecule has 0 saturated carbocycles. The number of thiazole rings is 1. The Morgan fingerprint density at radius 1 is 1.40 bits per heavy atom. The van der Waals surface area contributed by atoms with E-state index in [0.717, 1.165) is 9.86 Å². The van der Waals surface area contributed by atoms with Crippen molar-refractivity contribution >= 4 is 43.1 Å². The first-order valence-corrected chi connectivity index (χ1v) is 7.93. The molecule has 0 aliphatic heterocycles. The van der Waals surface area contributed by atoms with E-state index in [2.05, 4.69) is 35.9 Å². The number of unbranched alkanes of at least 4 members (excludes halogenated alkanes) is 1. The minimum absolute atomic E-state index is 1.11. The molecule has 1 heterocycles. The molecule has 79 valence electrons. The number of fused-ring (bicyclic) bond motifs is 1. The Balaban J connectivity index is 1.97. The van der Waals surface area contributed by atoms with Gasteiger partial charge in [-0.15, -0.1) is 11.3 Å². The van der Waals surface area contributed by atoms with Crippen LogP contribution in [0.1, 0.15) is 19.8 Å². The fraction of sp³-hybridized carbons (Fsp3) is 0.273. The molecule has 0 aliphatic rings. The van der Waals surface area contributed by atoms with Gasteiger partial charge in [-0.1, -0.05) is 36.3 Å². The van der Waals surface area contributed by atoms with Crippen LogP contribution in [0.4, 0.5) is 0 Å². The number of nitrogens with zero attached hydrogens (tertiary/aromatic N) is 1. The lowest BCUT2D eigenvalue weighted by atomic mass is 10.3. The Bertz CT molecular complexity index is 391. The van der Waals surface area contributed by atoms with E-state index in [9.17, 15) is 0 Å². The van der Waals surface area contributed by atoms with E-state index in [-0.39, 0.29) is 0 Å². The molecule has 0 aliphatic carbocycles. The molecule has 2 aromatic rings. The molecule has 0 saturated heterocycles. The van der Waals surface area contributed by atoms with Crippen molar-refractivity contribution < 1.29 is 0 Å². The average Bonchev–Trinajstić information content (AvgIpc) is 2.67. The lowest BCUT2D eigenvalue weighted by Gasteiger charge is -1.93. The monoisotopic (exact) mass is 254 g/mol. The molecule has 2 rings (SSSR count). The first-order valence-electron chi connectivity index (χ1n) is 4.90. The van der Waals surface area contributed by atoms with Gasteiger partial charge in [0.2, 0.25) is 0 Å². The fourth-order valence-corrected chi connectivity index (χ4v) is 4.36. The molecule has 1 nitrogen and oxygen atoms in total. The van der Waals surface area contributed by atoms with Gasteiger partial charge >= 0.3 is 0 Å². The van der Waals surface area contributed by atoms with Gasteiger partial charge in [0.15, 0.2) is 4.34 Å². The van der Waals surface area contributed by atoms with E-state index in [1.807, 2.05) is 6.07 Å². The maximum atomic E-state index is 4.55. The zero-order chi connectivity index (χ0) is 10.5. The third-order valence-corrected chi connectivity index (χ3v) is 5.39. The first kappa shape index (κ1) is 11.3. The van der Waals surface area contributed by atoms with Crippen LogP contribution in [0.25, 0.3) is 10.2 Å². The summed E-state index contributed by atoms with van der Waals surface area (Å²) >= 11 is 1.77. The zero-order valence-electron chi connectivity index (χ0n) is 8.47. The van der Waals surface area contributed by atoms with Gasteiger partial charge in [-0.3, -0.25) is 0 Å². The highest BCUT2D eigenvalue weighted by Gasteiger charge is 2.03. The quantitative estimate of drug-likeness (QED) is 0.550. The topological polar surface area (TPSA) is 12.9 Å². The predicted molar refractivity (Wildman–Crippen MR) is 72.3 cm³/mol. The van der Waals surface area contributed by atoms with Gasteiger partial charge in [-0.2, -0.15) is 0 Å². The molecule has 0 bridgehead atoms. The van der Waals surface area contributed by atoms with Gasteiger partial charge in [0.25, 0.3) is 0 Å². The van der Waals surface area contributed by atoms with E-state index in [4.69, 9.17) is 0 Å². The standard InChI is InChI=1S/C11H12NS3/c1-2-3-8-13-15-11-12-9-6-4-5-7-10(9)14-11/h4-8H,2-3H2,1H3. The van der Waals surface area contributed by atoms with Crippen LogP contribution in [0, 0.1) is 5.75 Å². The molecule has 1 aromatic heterocycles. The molecule has 0 amide bonds. The van der Waals surface area contributed by atoms with Crippen molar-refractivity contribution in [2.45, 2.75) is 24.1 Å². The van der Waals surface area contributed by atoms with Crippen LogP contribution in [0.2, 0.25) is 0 Å². The summed E-state index contributed by atoms with van der Waals surface area (Å²) in [4.78, 5) is 4.55. The Kier molecular flexibility index (Phi) is 4.35. The molecular formula is C11H12NS3. The van der Waals surface area contributed by atoms with Gasteiger partial charge in [0.1, 0.15) is 0 Å². The summed E-state index contributed by atoms with van der Waals surface area (Å²) < 4.78 is 2.42. The van der Waals surface area contributed by atoms with E-state index in [1.165, 1.54) is 17.5 Å². The number of hydrogen-bond donors (Lipinski definition) is 0. The molecule has 0 N–H and O–H groups in total. The molecule has 0 atom stereocenters. The number of benzene rings is 1. The maximum absolute atomic E-state index is 4.55. The number of aromatic nitrogens is 1. The second-order valence-electron chi connectivity index (χ2n) is 3.08. The van der Waals surface area contributed by atoms with Crippen LogP contribution >= 0.6 is 32.9 Å². The van der Waals surface area contributed by atoms with Crippen molar-refractivity contribution in [1.29, 1.82) is 0 Å². The Hall–Kier alpha value is -0.190. The zero-order valence-corrected chi connectivity index (χ0v) is 10.9. The van der Waals surface area contributed by atoms with E-state index >= 15 is 0 Å². The van der Waals surface area contributed by atoms with Crippen molar-refractivity contribution in [3.63, 3.8) is 0 Å². The molecule has 4 heteroatoms. The highest BCUT2D eigenvalue weighted by Crippen LogP contribution is 2.38. The van der Waals surface area contributed by atoms with Crippen molar-refractivity contribution in [3.8, 4) is 0 Å². The Morgan fingerprint density at radius 3 is 3.07 bits per heavy atom. The molecule has 15 heavy (non-hydrogen) atoms. The van der Waals surface area contributed by atoms with Crippen molar-refractivity contribution in [1.82, 2.24) is 4.98 Å². The van der Waals surface area contributed by atoms with E-state index in [0.29, 0.717) is 0 Å². The highest BCUT2D eigenvalue weighted by atomic mass is 33.1. The second kappa shape index (κ2) is 5.77. The Morgan fingerprint density at radius 2 is 2.27 bits per heavy atom. The van der Waals surface area contributed by atoms with Gasteiger partial charge in [-0.25, -0.2) is 4.98 Å². The summed E-state index contributed by atoms with van der Waals surface area (Å²) in [7, 11) is 3.54. The molecule has 1 aromatic carbocycles. The highest BCUT2D eigenvalue weighted by molar-refractivity contribution is 8.77. The fourth-order valence-electron chi connectivity index (χ4n) is 1.13. The average molecular weight is 254 g/mol. The lowest BCUT2D eigenvalue weighted by molar-refractivity contribution is 0.946. The number of para-hydroxylation sites is 1. The summed E-state index contributed by atoms with van der Waals surface area (Å²) in [6.07, 6.45) is 2.38. The second-order valence-corrected chi connectivity index (χ2v) is 6.53. The number of hydrogen-bond acceptors (Lipinski definition) is 4. The van der Waals surface area contributed by atoms with Crippen LogP contribution in [0.3, 0.4) is 0 Å². The molecule has 0 spiro atoms. The van der Waals surface area contributed by atoms with Crippen LogP contribution < -0.4 is 0 Å². The molecule has 0 unspecified atom stereocenters. The SMILES string of the molecule is CCC[CH]SSc1nc2ccccc2s1. The van der Waals surface area contributed by atoms with Crippen LogP contribution in [0.5, 0.6) is 0 Å². The minimum atomic E-state index is 1.11. The first-order chi connectivity index (χ1) is 7.40. The summed E-state index contributed by atoms with van der Waals surface area (Å²) in [6, 6.07) is 8.28. The summed E-state index contributed by atoms with van der Waals surface area (Å²) in [5.74, 6) is 2.25. The van der Waals surface area contributed by atoms with Crippen LogP contribution in [-0.2, 0) is 0 Å². The molecule has 1 radical (unpaired) electrons. The van der Waals surface area contributed by atoms with Crippen molar-refractivity contribution in [2.24, 2.45) is 0 Å². The van der Waals surface area contributed by atoms with Crippen molar-refractivity contribution in [3.05, 3.63) is 30.0 Å². The summed E-state index contributed by atoms with van der Waals surface area (Å²) in [5.41, 5.74) is 1.11. The van der Waals surface area contributed by atoms with Gasteiger partial charge < -0.3 is 0 Å². The summed E-state index contributed by atoms with van der Waals surface area (Å²) in [5, 5.41) is 0. The normalized spacial score (nSPS) is 11.0. The summed E-state index contributed by atoms with van der Waals surface area (Å²) in [6.45, 7) is 2.19. The third-order valence-electron chi connectivity index (χ3n) is 1.87. The van der Waals surface area contributed by atoms with Crippen molar-refractivity contribution in [2.75, 3.05) is 0 Å².